The van der Waals surface area contributed by atoms with Crippen LogP contribution in [0.5, 0.6) is 11.5 Å². The number of hydrogen-bond acceptors (Lipinski definition) is 8. The van der Waals surface area contributed by atoms with Gasteiger partial charge in [-0.3, -0.25) is 4.79 Å². The molecule has 0 aliphatic carbocycles. The Morgan fingerprint density at radius 1 is 1.17 bits per heavy atom. The summed E-state index contributed by atoms with van der Waals surface area (Å²) in [6.45, 7) is 1.60. The summed E-state index contributed by atoms with van der Waals surface area (Å²) in [7, 11) is 2.92. The number of cyclic esters (lactones) is 1. The standard InChI is InChI=1S/C21H26O8/c1-13-5-4-6-17(23)18(24)10-15(22)8-7-14-9-16(27-3)11-19(28-12-26-2)20(14)21(25)29-13/h4,6-9,11,13,15,18,22,24H,5,10,12H2,1-3H3/b6-4-,8-7?/t13-,15?,18-/m0/s1. The molecule has 0 saturated heterocycles. The van der Waals surface area contributed by atoms with Crippen LogP contribution >= 0.6 is 0 Å². The van der Waals surface area contributed by atoms with E-state index >= 15 is 0 Å². The van der Waals surface area contributed by atoms with Crippen molar-refractivity contribution in [2.75, 3.05) is 21.0 Å². The molecule has 2 rings (SSSR count). The van der Waals surface area contributed by atoms with Crippen molar-refractivity contribution < 1.29 is 38.7 Å². The molecule has 0 saturated carbocycles. The lowest BCUT2D eigenvalue weighted by Crippen LogP contribution is -2.24. The van der Waals surface area contributed by atoms with Gasteiger partial charge in [0.1, 0.15) is 29.3 Å². The summed E-state index contributed by atoms with van der Waals surface area (Å²) < 4.78 is 21.2. The zero-order chi connectivity index (χ0) is 21.4. The van der Waals surface area contributed by atoms with E-state index in [0.717, 1.165) is 0 Å². The molecule has 0 amide bonds. The maximum atomic E-state index is 12.9. The van der Waals surface area contributed by atoms with Crippen LogP contribution in [0.4, 0.5) is 0 Å². The minimum absolute atomic E-state index is 0.0914. The highest BCUT2D eigenvalue weighted by atomic mass is 16.7. The third-order valence-corrected chi connectivity index (χ3v) is 4.23. The second-order valence-corrected chi connectivity index (χ2v) is 6.57. The molecule has 0 bridgehead atoms. The van der Waals surface area contributed by atoms with Crippen molar-refractivity contribution in [1.82, 2.24) is 0 Å². The highest BCUT2D eigenvalue weighted by molar-refractivity contribution is 5.97. The van der Waals surface area contributed by atoms with Gasteiger partial charge in [0.2, 0.25) is 0 Å². The number of methoxy groups -OCH3 is 2. The summed E-state index contributed by atoms with van der Waals surface area (Å²) in [6, 6.07) is 3.14. The number of aliphatic hydroxyl groups is 2. The fourth-order valence-corrected chi connectivity index (χ4v) is 2.73. The van der Waals surface area contributed by atoms with E-state index in [1.54, 1.807) is 19.1 Å². The van der Waals surface area contributed by atoms with Crippen LogP contribution in [-0.2, 0) is 14.3 Å². The highest BCUT2D eigenvalue weighted by Gasteiger charge is 2.23. The highest BCUT2D eigenvalue weighted by Crippen LogP contribution is 2.31. The van der Waals surface area contributed by atoms with Crippen LogP contribution in [0.3, 0.4) is 0 Å². The number of carbonyl (C=O) groups excluding carboxylic acids is 2. The lowest BCUT2D eigenvalue weighted by atomic mass is 10.0. The number of carbonyl (C=O) groups is 2. The fraction of sp³-hybridized carbons (Fsp3) is 0.429. The Hall–Kier alpha value is -2.68. The van der Waals surface area contributed by atoms with Crippen LogP contribution in [0, 0.1) is 0 Å². The lowest BCUT2D eigenvalue weighted by molar-refractivity contribution is -0.123. The van der Waals surface area contributed by atoms with Gasteiger partial charge < -0.3 is 29.2 Å². The number of aliphatic hydroxyl groups excluding tert-OH is 2. The molecule has 0 spiro atoms. The Balaban J connectivity index is 2.52. The van der Waals surface area contributed by atoms with Crippen LogP contribution in [0.15, 0.2) is 30.4 Å². The van der Waals surface area contributed by atoms with Gasteiger partial charge in [-0.1, -0.05) is 18.2 Å². The van der Waals surface area contributed by atoms with Crippen molar-refractivity contribution in [3.63, 3.8) is 0 Å². The van der Waals surface area contributed by atoms with Crippen LogP contribution in [-0.4, -0.2) is 61.3 Å². The zero-order valence-corrected chi connectivity index (χ0v) is 16.7. The Labute approximate surface area is 169 Å². The first kappa shape index (κ1) is 22.6. The van der Waals surface area contributed by atoms with E-state index in [-0.39, 0.29) is 30.9 Å². The largest absolute Gasteiger partial charge is 0.497 e. The predicted octanol–water partition coefficient (Wildman–Crippen LogP) is 1.88. The van der Waals surface area contributed by atoms with Crippen LogP contribution in [0.25, 0.3) is 6.08 Å². The number of rotatable bonds is 4. The third kappa shape index (κ3) is 6.42. The fourth-order valence-electron chi connectivity index (χ4n) is 2.73. The number of ketones is 1. The van der Waals surface area contributed by atoms with Crippen molar-refractivity contribution in [3.05, 3.63) is 41.5 Å². The number of esters is 1. The summed E-state index contributed by atoms with van der Waals surface area (Å²) in [6.07, 6.45) is 2.76. The first-order chi connectivity index (χ1) is 13.8. The molecule has 1 aromatic rings. The molecular formula is C21H26O8. The maximum absolute atomic E-state index is 12.9. The molecule has 29 heavy (non-hydrogen) atoms. The van der Waals surface area contributed by atoms with E-state index < -0.39 is 30.1 Å². The van der Waals surface area contributed by atoms with Crippen LogP contribution in [0.1, 0.15) is 35.7 Å². The second-order valence-electron chi connectivity index (χ2n) is 6.57. The zero-order valence-electron chi connectivity index (χ0n) is 16.7. The van der Waals surface area contributed by atoms with Gasteiger partial charge in [-0.05, 0) is 24.6 Å². The summed E-state index contributed by atoms with van der Waals surface area (Å²) in [5, 5.41) is 20.1. The molecule has 158 valence electrons. The molecule has 2 N–H and O–H groups in total. The second kappa shape index (κ2) is 10.8. The maximum Gasteiger partial charge on any atom is 0.342 e. The van der Waals surface area contributed by atoms with Crippen molar-refractivity contribution in [2.45, 2.75) is 38.1 Å². The Bertz CT molecular complexity index is 783. The molecule has 1 unspecified atom stereocenters. The third-order valence-electron chi connectivity index (χ3n) is 4.23. The van der Waals surface area contributed by atoms with Gasteiger partial charge in [0, 0.05) is 26.0 Å². The van der Waals surface area contributed by atoms with Gasteiger partial charge in [0.15, 0.2) is 12.6 Å². The number of benzene rings is 1. The van der Waals surface area contributed by atoms with E-state index in [4.69, 9.17) is 18.9 Å². The Kier molecular flexibility index (Phi) is 8.38. The van der Waals surface area contributed by atoms with Crippen molar-refractivity contribution in [3.8, 4) is 11.5 Å². The van der Waals surface area contributed by atoms with Crippen molar-refractivity contribution >= 4 is 17.8 Å². The molecular weight excluding hydrogens is 380 g/mol. The summed E-state index contributed by atoms with van der Waals surface area (Å²) in [5.74, 6) is -0.521. The SMILES string of the molecule is COCOc1cc(OC)cc2c1C(=O)O[C@@H](C)C/C=C\C(=O)[C@@H](O)CC(O)C=C2. The molecule has 1 aliphatic heterocycles. The predicted molar refractivity (Wildman–Crippen MR) is 105 cm³/mol. The van der Waals surface area contributed by atoms with Gasteiger partial charge in [0.25, 0.3) is 0 Å². The van der Waals surface area contributed by atoms with Crippen molar-refractivity contribution in [1.29, 1.82) is 0 Å². The smallest absolute Gasteiger partial charge is 0.342 e. The molecule has 0 fully saturated rings. The average Bonchev–Trinajstić information content (AvgIpc) is 2.69. The van der Waals surface area contributed by atoms with Crippen LogP contribution in [0.2, 0.25) is 0 Å². The minimum Gasteiger partial charge on any atom is -0.497 e. The minimum atomic E-state index is -1.34. The van der Waals surface area contributed by atoms with Crippen LogP contribution < -0.4 is 9.47 Å². The quantitative estimate of drug-likeness (QED) is 0.576. The van der Waals surface area contributed by atoms with Gasteiger partial charge in [-0.25, -0.2) is 4.79 Å². The average molecular weight is 406 g/mol. The number of fused-ring (bicyclic) bond motifs is 1. The Morgan fingerprint density at radius 2 is 1.93 bits per heavy atom. The van der Waals surface area contributed by atoms with Gasteiger partial charge in [0.05, 0.1) is 13.2 Å². The van der Waals surface area contributed by atoms with Gasteiger partial charge >= 0.3 is 5.97 Å². The molecule has 8 heteroatoms. The topological polar surface area (TPSA) is 112 Å². The van der Waals surface area contributed by atoms with Gasteiger partial charge in [-0.15, -0.1) is 0 Å². The number of hydrogen-bond donors (Lipinski definition) is 2. The van der Waals surface area contributed by atoms with E-state index in [9.17, 15) is 19.8 Å². The molecule has 1 heterocycles. The summed E-state index contributed by atoms with van der Waals surface area (Å²) >= 11 is 0. The normalized spacial score (nSPS) is 24.2. The molecule has 1 aliphatic rings. The first-order valence-electron chi connectivity index (χ1n) is 9.15. The van der Waals surface area contributed by atoms with E-state index in [2.05, 4.69) is 0 Å². The first-order valence-corrected chi connectivity index (χ1v) is 9.15. The molecule has 1 aromatic carbocycles. The number of ether oxygens (including phenoxy) is 4. The van der Waals surface area contributed by atoms with E-state index in [1.807, 2.05) is 0 Å². The lowest BCUT2D eigenvalue weighted by Gasteiger charge is -2.18. The molecule has 0 radical (unpaired) electrons. The van der Waals surface area contributed by atoms with Crippen molar-refractivity contribution in [2.24, 2.45) is 0 Å². The molecule has 3 atom stereocenters. The van der Waals surface area contributed by atoms with E-state index in [0.29, 0.717) is 11.3 Å². The monoisotopic (exact) mass is 406 g/mol. The Morgan fingerprint density at radius 3 is 2.62 bits per heavy atom. The molecule has 8 nitrogen and oxygen atoms in total. The molecule has 0 aromatic heterocycles. The summed E-state index contributed by atoms with van der Waals surface area (Å²) in [5.41, 5.74) is 0.538. The summed E-state index contributed by atoms with van der Waals surface area (Å²) in [4.78, 5) is 24.8. The van der Waals surface area contributed by atoms with Gasteiger partial charge in [-0.2, -0.15) is 0 Å². The van der Waals surface area contributed by atoms with E-state index in [1.165, 1.54) is 38.5 Å².